The molecule has 0 saturated carbocycles. The monoisotopic (exact) mass is 399 g/mol. The van der Waals surface area contributed by atoms with Gasteiger partial charge in [-0.3, -0.25) is 4.79 Å². The fourth-order valence-corrected chi connectivity index (χ4v) is 3.05. The van der Waals surface area contributed by atoms with Crippen molar-refractivity contribution in [2.75, 3.05) is 11.9 Å². The van der Waals surface area contributed by atoms with E-state index in [-0.39, 0.29) is 12.5 Å². The Kier molecular flexibility index (Phi) is 5.85. The number of hydrogen-bond donors (Lipinski definition) is 1. The van der Waals surface area contributed by atoms with Gasteiger partial charge in [-0.2, -0.15) is 4.98 Å². The molecular weight excluding hydrogens is 378 g/mol. The summed E-state index contributed by atoms with van der Waals surface area (Å²) in [7, 11) is 0. The minimum absolute atomic E-state index is 0.125. The van der Waals surface area contributed by atoms with Gasteiger partial charge >= 0.3 is 0 Å². The molecule has 0 atom stereocenters. The lowest BCUT2D eigenvalue weighted by Gasteiger charge is -2.10. The second-order valence-corrected chi connectivity index (χ2v) is 6.88. The van der Waals surface area contributed by atoms with Crippen LogP contribution in [0, 0.1) is 6.92 Å². The van der Waals surface area contributed by atoms with Gasteiger partial charge in [-0.05, 0) is 42.3 Å². The van der Waals surface area contributed by atoms with Crippen LogP contribution in [0.5, 0.6) is 5.75 Å². The molecule has 6 nitrogen and oxygen atoms in total. The van der Waals surface area contributed by atoms with E-state index in [4.69, 9.17) is 9.26 Å². The number of nitrogens with one attached hydrogen (secondary N) is 1. The summed E-state index contributed by atoms with van der Waals surface area (Å²) in [6.07, 6.45) is 0.551. The SMILES string of the molecule is Cc1cccc(NC(=O)COc2ccccc2-c2noc(Cc3ccccc3)n2)c1. The van der Waals surface area contributed by atoms with E-state index < -0.39 is 0 Å². The Hall–Kier alpha value is -3.93. The molecule has 0 aliphatic rings. The molecule has 1 N–H and O–H groups in total. The summed E-state index contributed by atoms with van der Waals surface area (Å²) in [5, 5.41) is 6.91. The molecule has 6 heteroatoms. The van der Waals surface area contributed by atoms with Crippen LogP contribution < -0.4 is 10.1 Å². The molecule has 0 bridgehead atoms. The largest absolute Gasteiger partial charge is 0.483 e. The van der Waals surface area contributed by atoms with Crippen LogP contribution in [0.2, 0.25) is 0 Å². The topological polar surface area (TPSA) is 77.2 Å². The number of amides is 1. The van der Waals surface area contributed by atoms with Gasteiger partial charge in [0.1, 0.15) is 5.75 Å². The van der Waals surface area contributed by atoms with E-state index >= 15 is 0 Å². The number of anilines is 1. The van der Waals surface area contributed by atoms with Crippen LogP contribution in [0.4, 0.5) is 5.69 Å². The number of carbonyl (C=O) groups excluding carboxylic acids is 1. The van der Waals surface area contributed by atoms with E-state index in [0.717, 1.165) is 16.8 Å². The van der Waals surface area contributed by atoms with Crippen molar-refractivity contribution in [3.05, 3.63) is 95.9 Å². The second-order valence-electron chi connectivity index (χ2n) is 6.88. The van der Waals surface area contributed by atoms with Crippen molar-refractivity contribution in [1.82, 2.24) is 10.1 Å². The first-order valence-corrected chi connectivity index (χ1v) is 9.62. The van der Waals surface area contributed by atoms with E-state index in [9.17, 15) is 4.79 Å². The Morgan fingerprint density at radius 1 is 1.00 bits per heavy atom. The number of aryl methyl sites for hydroxylation is 1. The van der Waals surface area contributed by atoms with Gasteiger partial charge in [0.2, 0.25) is 11.7 Å². The smallest absolute Gasteiger partial charge is 0.262 e. The van der Waals surface area contributed by atoms with Crippen LogP contribution in [0.1, 0.15) is 17.0 Å². The fraction of sp³-hybridized carbons (Fsp3) is 0.125. The predicted octanol–water partition coefficient (Wildman–Crippen LogP) is 4.65. The lowest BCUT2D eigenvalue weighted by molar-refractivity contribution is -0.118. The first kappa shape index (κ1) is 19.4. The Labute approximate surface area is 174 Å². The molecule has 0 spiro atoms. The van der Waals surface area contributed by atoms with Crippen LogP contribution >= 0.6 is 0 Å². The summed E-state index contributed by atoms with van der Waals surface area (Å²) in [5.41, 5.74) is 3.57. The molecule has 1 aromatic heterocycles. The molecular formula is C24H21N3O3. The number of hydrogen-bond acceptors (Lipinski definition) is 5. The van der Waals surface area contributed by atoms with Gasteiger partial charge in [0, 0.05) is 5.69 Å². The number of rotatable bonds is 7. The third kappa shape index (κ3) is 4.91. The Morgan fingerprint density at radius 3 is 2.63 bits per heavy atom. The van der Waals surface area contributed by atoms with Crippen molar-refractivity contribution in [2.24, 2.45) is 0 Å². The maximum atomic E-state index is 12.3. The molecule has 4 aromatic rings. The molecule has 150 valence electrons. The van der Waals surface area contributed by atoms with Gasteiger partial charge in [0.25, 0.3) is 5.91 Å². The third-order valence-electron chi connectivity index (χ3n) is 4.45. The van der Waals surface area contributed by atoms with Crippen molar-refractivity contribution in [3.8, 4) is 17.1 Å². The zero-order chi connectivity index (χ0) is 20.8. The highest BCUT2D eigenvalue weighted by molar-refractivity contribution is 5.92. The first-order chi connectivity index (χ1) is 14.7. The van der Waals surface area contributed by atoms with Gasteiger partial charge in [-0.25, -0.2) is 0 Å². The van der Waals surface area contributed by atoms with E-state index in [0.29, 0.717) is 29.4 Å². The molecule has 0 fully saturated rings. The Balaban J connectivity index is 1.43. The van der Waals surface area contributed by atoms with Crippen molar-refractivity contribution in [2.45, 2.75) is 13.3 Å². The number of ether oxygens (including phenoxy) is 1. The van der Waals surface area contributed by atoms with E-state index in [1.165, 1.54) is 0 Å². The summed E-state index contributed by atoms with van der Waals surface area (Å²) in [6, 6.07) is 24.8. The Morgan fingerprint density at radius 2 is 1.80 bits per heavy atom. The quantitative estimate of drug-likeness (QED) is 0.489. The molecule has 30 heavy (non-hydrogen) atoms. The van der Waals surface area contributed by atoms with Gasteiger partial charge < -0.3 is 14.6 Å². The van der Waals surface area contributed by atoms with E-state index in [2.05, 4.69) is 15.5 Å². The van der Waals surface area contributed by atoms with Crippen LogP contribution in [0.3, 0.4) is 0 Å². The van der Waals surface area contributed by atoms with Gasteiger partial charge in [-0.15, -0.1) is 0 Å². The molecule has 3 aromatic carbocycles. The average molecular weight is 399 g/mol. The van der Waals surface area contributed by atoms with E-state index in [1.807, 2.05) is 79.7 Å². The van der Waals surface area contributed by atoms with Crippen molar-refractivity contribution in [1.29, 1.82) is 0 Å². The Bertz CT molecular complexity index is 1140. The maximum Gasteiger partial charge on any atom is 0.262 e. The zero-order valence-corrected chi connectivity index (χ0v) is 16.5. The minimum Gasteiger partial charge on any atom is -0.483 e. The lowest BCUT2D eigenvalue weighted by Crippen LogP contribution is -2.20. The average Bonchev–Trinajstić information content (AvgIpc) is 3.21. The van der Waals surface area contributed by atoms with Gasteiger partial charge in [0.15, 0.2) is 6.61 Å². The molecule has 0 radical (unpaired) electrons. The fourth-order valence-electron chi connectivity index (χ4n) is 3.05. The van der Waals surface area contributed by atoms with Gasteiger partial charge in [-0.1, -0.05) is 59.8 Å². The van der Waals surface area contributed by atoms with Gasteiger partial charge in [0.05, 0.1) is 12.0 Å². The van der Waals surface area contributed by atoms with Crippen LogP contribution in [0.25, 0.3) is 11.4 Å². The molecule has 1 amide bonds. The second kappa shape index (κ2) is 9.05. The number of para-hydroxylation sites is 1. The number of aromatic nitrogens is 2. The van der Waals surface area contributed by atoms with Crippen molar-refractivity contribution < 1.29 is 14.1 Å². The highest BCUT2D eigenvalue weighted by Gasteiger charge is 2.15. The minimum atomic E-state index is -0.242. The first-order valence-electron chi connectivity index (χ1n) is 9.62. The normalized spacial score (nSPS) is 10.6. The van der Waals surface area contributed by atoms with Crippen LogP contribution in [-0.4, -0.2) is 22.7 Å². The third-order valence-corrected chi connectivity index (χ3v) is 4.45. The van der Waals surface area contributed by atoms with Crippen molar-refractivity contribution >= 4 is 11.6 Å². The summed E-state index contributed by atoms with van der Waals surface area (Å²) >= 11 is 0. The summed E-state index contributed by atoms with van der Waals surface area (Å²) in [4.78, 5) is 16.7. The summed E-state index contributed by atoms with van der Waals surface area (Å²) in [6.45, 7) is 1.85. The standard InChI is InChI=1S/C24H21N3O3/c1-17-8-7-11-19(14-17)25-22(28)16-29-21-13-6-5-12-20(21)24-26-23(30-27-24)15-18-9-3-2-4-10-18/h2-14H,15-16H2,1H3,(H,25,28). The number of benzene rings is 3. The number of nitrogens with zero attached hydrogens (tertiary/aromatic N) is 2. The zero-order valence-electron chi connectivity index (χ0n) is 16.5. The molecule has 0 aliphatic carbocycles. The van der Waals surface area contributed by atoms with Crippen LogP contribution in [-0.2, 0) is 11.2 Å². The summed E-state index contributed by atoms with van der Waals surface area (Å²) in [5.74, 6) is 1.22. The van der Waals surface area contributed by atoms with E-state index in [1.54, 1.807) is 6.07 Å². The highest BCUT2D eigenvalue weighted by atomic mass is 16.5. The molecule has 0 aliphatic heterocycles. The van der Waals surface area contributed by atoms with Crippen molar-refractivity contribution in [3.63, 3.8) is 0 Å². The highest BCUT2D eigenvalue weighted by Crippen LogP contribution is 2.28. The molecule has 0 unspecified atom stereocenters. The van der Waals surface area contributed by atoms with Crippen LogP contribution in [0.15, 0.2) is 83.4 Å². The molecule has 1 heterocycles. The lowest BCUT2D eigenvalue weighted by atomic mass is 10.1. The molecule has 0 saturated heterocycles. The summed E-state index contributed by atoms with van der Waals surface area (Å²) < 4.78 is 11.1. The number of carbonyl (C=O) groups is 1. The maximum absolute atomic E-state index is 12.3. The predicted molar refractivity (Wildman–Crippen MR) is 114 cm³/mol. The molecule has 4 rings (SSSR count).